The lowest BCUT2D eigenvalue weighted by Gasteiger charge is -2.11. The zero-order chi connectivity index (χ0) is 15.5. The molecule has 0 bridgehead atoms. The van der Waals surface area contributed by atoms with Crippen LogP contribution in [0.25, 0.3) is 0 Å². The molecule has 1 aromatic carbocycles. The van der Waals surface area contributed by atoms with Crippen LogP contribution in [-0.4, -0.2) is 37.5 Å². The summed E-state index contributed by atoms with van der Waals surface area (Å²) in [6.07, 6.45) is 0. The monoisotopic (exact) mass is 303 g/mol. The zero-order valence-electron chi connectivity index (χ0n) is 10.7. The Bertz CT molecular complexity index is 642. The van der Waals surface area contributed by atoms with Gasteiger partial charge < -0.3 is 10.4 Å². The Hall–Kier alpha value is -2.20. The second kappa shape index (κ2) is 5.84. The summed E-state index contributed by atoms with van der Waals surface area (Å²) < 4.78 is 25.2. The Morgan fingerprint density at radius 3 is 2.50 bits per heavy atom. The number of sulfonamides is 1. The second-order valence-corrected chi connectivity index (χ2v) is 5.73. The van der Waals surface area contributed by atoms with Crippen molar-refractivity contribution < 1.29 is 23.2 Å². The molecule has 0 saturated carbocycles. The van der Waals surface area contributed by atoms with Crippen LogP contribution in [0.4, 0.5) is 11.4 Å². The fraction of sp³-hybridized carbons (Fsp3) is 0.300. The third kappa shape index (κ3) is 3.42. The Kier molecular flexibility index (Phi) is 4.63. The van der Waals surface area contributed by atoms with Gasteiger partial charge in [-0.15, -0.1) is 0 Å². The zero-order valence-corrected chi connectivity index (χ0v) is 11.5. The minimum absolute atomic E-state index is 0.0695. The van der Waals surface area contributed by atoms with Crippen molar-refractivity contribution in [1.29, 1.82) is 0 Å². The molecule has 3 N–H and O–H groups in total. The summed E-state index contributed by atoms with van der Waals surface area (Å²) in [5.41, 5.74) is -0.589. The Morgan fingerprint density at radius 1 is 1.45 bits per heavy atom. The standard InChI is InChI=1S/C10H13N3O6S/c1-6(10(14)15)12-8-4-3-7(20(18,19)11-2)5-9(8)13(16)17/h3-6,11-12H,1-2H3,(H,14,15). The average molecular weight is 303 g/mol. The van der Waals surface area contributed by atoms with Gasteiger partial charge in [-0.3, -0.25) is 14.9 Å². The van der Waals surface area contributed by atoms with Gasteiger partial charge in [-0.2, -0.15) is 0 Å². The summed E-state index contributed by atoms with van der Waals surface area (Å²) in [5, 5.41) is 22.1. The Balaban J connectivity index is 3.29. The fourth-order valence-corrected chi connectivity index (χ4v) is 2.11. The van der Waals surface area contributed by atoms with Crippen LogP contribution in [0, 0.1) is 10.1 Å². The number of aliphatic carboxylic acids is 1. The molecule has 0 spiro atoms. The predicted molar refractivity (Wildman–Crippen MR) is 70.1 cm³/mol. The number of carbonyl (C=O) groups is 1. The van der Waals surface area contributed by atoms with E-state index in [1.807, 2.05) is 4.72 Å². The molecule has 0 saturated heterocycles. The minimum Gasteiger partial charge on any atom is -0.480 e. The molecule has 0 aliphatic heterocycles. The van der Waals surface area contributed by atoms with Gasteiger partial charge in [0.25, 0.3) is 5.69 Å². The highest BCUT2D eigenvalue weighted by Crippen LogP contribution is 2.28. The predicted octanol–water partition coefficient (Wildman–Crippen LogP) is 0.388. The number of hydrogen-bond donors (Lipinski definition) is 3. The summed E-state index contributed by atoms with van der Waals surface area (Å²) in [7, 11) is -2.63. The van der Waals surface area contributed by atoms with Gasteiger partial charge in [-0.1, -0.05) is 0 Å². The average Bonchev–Trinajstić information content (AvgIpc) is 2.38. The quantitative estimate of drug-likeness (QED) is 0.510. The van der Waals surface area contributed by atoms with Crippen LogP contribution in [0.2, 0.25) is 0 Å². The number of hydrogen-bond acceptors (Lipinski definition) is 6. The number of nitrogens with one attached hydrogen (secondary N) is 2. The molecule has 0 fully saturated rings. The number of anilines is 1. The largest absolute Gasteiger partial charge is 0.480 e. The number of nitrogens with zero attached hydrogens (tertiary/aromatic N) is 1. The van der Waals surface area contributed by atoms with Crippen molar-refractivity contribution >= 4 is 27.4 Å². The maximum Gasteiger partial charge on any atom is 0.325 e. The molecule has 0 radical (unpaired) electrons. The Morgan fingerprint density at radius 2 is 2.05 bits per heavy atom. The molecule has 1 unspecified atom stereocenters. The van der Waals surface area contributed by atoms with Crippen LogP contribution < -0.4 is 10.0 Å². The molecule has 9 nitrogen and oxygen atoms in total. The molecule has 1 atom stereocenters. The fourth-order valence-electron chi connectivity index (χ4n) is 1.36. The molecular formula is C10H13N3O6S. The SMILES string of the molecule is CNS(=O)(=O)c1ccc(NC(C)C(=O)O)c([N+](=O)[O-])c1. The third-order valence-corrected chi connectivity index (χ3v) is 3.90. The Labute approximate surface area is 114 Å². The van der Waals surface area contributed by atoms with Crippen LogP contribution in [0.5, 0.6) is 0 Å². The molecule has 1 rings (SSSR count). The minimum atomic E-state index is -3.81. The van der Waals surface area contributed by atoms with E-state index in [0.717, 1.165) is 18.2 Å². The van der Waals surface area contributed by atoms with Gasteiger partial charge in [0.15, 0.2) is 0 Å². The van der Waals surface area contributed by atoms with Crippen molar-refractivity contribution in [3.05, 3.63) is 28.3 Å². The molecule has 110 valence electrons. The van der Waals surface area contributed by atoms with E-state index in [9.17, 15) is 23.3 Å². The number of carboxylic acid groups (broad SMARTS) is 1. The molecule has 0 aliphatic carbocycles. The number of nitro groups is 1. The van der Waals surface area contributed by atoms with Crippen LogP contribution in [0.15, 0.2) is 23.1 Å². The van der Waals surface area contributed by atoms with Crippen molar-refractivity contribution in [3.8, 4) is 0 Å². The maximum atomic E-state index is 11.6. The second-order valence-electron chi connectivity index (χ2n) is 3.85. The summed E-state index contributed by atoms with van der Waals surface area (Å²) in [5.74, 6) is -1.19. The van der Waals surface area contributed by atoms with Gasteiger partial charge in [0.05, 0.1) is 9.82 Å². The van der Waals surface area contributed by atoms with Crippen LogP contribution in [-0.2, 0) is 14.8 Å². The topological polar surface area (TPSA) is 139 Å². The van der Waals surface area contributed by atoms with E-state index in [1.54, 1.807) is 0 Å². The lowest BCUT2D eigenvalue weighted by molar-refractivity contribution is -0.384. The lowest BCUT2D eigenvalue weighted by Crippen LogP contribution is -2.26. The molecule has 1 aromatic rings. The van der Waals surface area contributed by atoms with E-state index < -0.39 is 32.6 Å². The van der Waals surface area contributed by atoms with Crippen molar-refractivity contribution in [2.75, 3.05) is 12.4 Å². The van der Waals surface area contributed by atoms with Gasteiger partial charge in [0.1, 0.15) is 11.7 Å². The maximum absolute atomic E-state index is 11.6. The highest BCUT2D eigenvalue weighted by Gasteiger charge is 2.22. The molecule has 20 heavy (non-hydrogen) atoms. The number of carboxylic acids is 1. The van der Waals surface area contributed by atoms with Gasteiger partial charge in [-0.25, -0.2) is 13.1 Å². The van der Waals surface area contributed by atoms with Crippen molar-refractivity contribution in [1.82, 2.24) is 4.72 Å². The van der Waals surface area contributed by atoms with Gasteiger partial charge in [0.2, 0.25) is 10.0 Å². The van der Waals surface area contributed by atoms with Crippen LogP contribution >= 0.6 is 0 Å². The molecular weight excluding hydrogens is 290 g/mol. The molecule has 0 aromatic heterocycles. The first kappa shape index (κ1) is 15.9. The first-order valence-electron chi connectivity index (χ1n) is 5.40. The normalized spacial score (nSPS) is 12.7. The van der Waals surface area contributed by atoms with E-state index in [1.165, 1.54) is 14.0 Å². The van der Waals surface area contributed by atoms with Gasteiger partial charge in [0, 0.05) is 6.07 Å². The summed E-state index contributed by atoms with van der Waals surface area (Å²) in [6, 6.07) is 2.11. The number of benzene rings is 1. The third-order valence-electron chi connectivity index (χ3n) is 2.49. The van der Waals surface area contributed by atoms with Gasteiger partial charge >= 0.3 is 5.97 Å². The van der Waals surface area contributed by atoms with E-state index in [0.29, 0.717) is 0 Å². The number of nitro benzene ring substituents is 1. The van der Waals surface area contributed by atoms with E-state index in [2.05, 4.69) is 5.32 Å². The first-order chi connectivity index (χ1) is 9.19. The summed E-state index contributed by atoms with van der Waals surface area (Å²) >= 11 is 0. The highest BCUT2D eigenvalue weighted by atomic mass is 32.2. The number of rotatable bonds is 6. The molecule has 0 heterocycles. The van der Waals surface area contributed by atoms with Crippen LogP contribution in [0.1, 0.15) is 6.92 Å². The van der Waals surface area contributed by atoms with Crippen molar-refractivity contribution in [2.45, 2.75) is 17.9 Å². The smallest absolute Gasteiger partial charge is 0.325 e. The first-order valence-corrected chi connectivity index (χ1v) is 6.88. The molecule has 0 aliphatic rings. The van der Waals surface area contributed by atoms with Crippen molar-refractivity contribution in [3.63, 3.8) is 0 Å². The van der Waals surface area contributed by atoms with Crippen molar-refractivity contribution in [2.24, 2.45) is 0 Å². The molecule has 10 heteroatoms. The lowest BCUT2D eigenvalue weighted by atomic mass is 10.2. The van der Waals surface area contributed by atoms with E-state index in [4.69, 9.17) is 5.11 Å². The summed E-state index contributed by atoms with van der Waals surface area (Å²) in [4.78, 5) is 20.6. The van der Waals surface area contributed by atoms with E-state index >= 15 is 0 Å². The molecule has 0 amide bonds. The van der Waals surface area contributed by atoms with Crippen LogP contribution in [0.3, 0.4) is 0 Å². The van der Waals surface area contributed by atoms with E-state index in [-0.39, 0.29) is 10.6 Å². The summed E-state index contributed by atoms with van der Waals surface area (Å²) in [6.45, 7) is 1.31. The van der Waals surface area contributed by atoms with Gasteiger partial charge in [-0.05, 0) is 26.1 Å². The highest BCUT2D eigenvalue weighted by molar-refractivity contribution is 7.89.